The van der Waals surface area contributed by atoms with Crippen LogP contribution in [-0.4, -0.2) is 10.9 Å². The Labute approximate surface area is 152 Å². The number of rotatable bonds is 6. The van der Waals surface area contributed by atoms with E-state index in [0.29, 0.717) is 11.5 Å². The number of non-ortho nitro benzene ring substituents is 1. The van der Waals surface area contributed by atoms with Gasteiger partial charge in [0.25, 0.3) is 5.69 Å². The molecule has 3 aromatic rings. The molecule has 8 heteroatoms. The van der Waals surface area contributed by atoms with Crippen molar-refractivity contribution in [2.24, 2.45) is 0 Å². The van der Waals surface area contributed by atoms with Gasteiger partial charge in [-0.2, -0.15) is 0 Å². The zero-order chi connectivity index (χ0) is 18.5. The molecular formula is C18H12ClNO6. The fourth-order valence-corrected chi connectivity index (χ4v) is 2.29. The summed E-state index contributed by atoms with van der Waals surface area (Å²) in [7, 11) is 0. The normalized spacial score (nSPS) is 10.3. The number of nitro groups is 1. The Morgan fingerprint density at radius 3 is 2.54 bits per heavy atom. The number of benzene rings is 2. The summed E-state index contributed by atoms with van der Waals surface area (Å²) < 4.78 is 15.7. The van der Waals surface area contributed by atoms with Crippen LogP contribution in [-0.2, 0) is 11.3 Å². The molecule has 0 atom stereocenters. The van der Waals surface area contributed by atoms with Gasteiger partial charge in [0.15, 0.2) is 0 Å². The summed E-state index contributed by atoms with van der Waals surface area (Å²) in [4.78, 5) is 21.9. The van der Waals surface area contributed by atoms with Gasteiger partial charge in [-0.05, 0) is 35.9 Å². The summed E-state index contributed by atoms with van der Waals surface area (Å²) in [5.74, 6) is 0.377. The predicted octanol–water partition coefficient (Wildman–Crippen LogP) is 4.99. The highest BCUT2D eigenvalue weighted by Crippen LogP contribution is 2.32. The highest BCUT2D eigenvalue weighted by Gasteiger charge is 2.12. The number of carbonyl (C=O) groups excluding carboxylic acids is 1. The van der Waals surface area contributed by atoms with E-state index in [4.69, 9.17) is 25.5 Å². The standard InChI is InChI=1S/C18H12ClNO6/c19-15-10-13(20(22)23)5-8-16(15)26-14-6-3-12(4-7-14)11-25-18(21)17-2-1-9-24-17/h1-10H,11H2. The lowest BCUT2D eigenvalue weighted by Gasteiger charge is -2.08. The molecule has 0 N–H and O–H groups in total. The first-order chi connectivity index (χ1) is 12.5. The van der Waals surface area contributed by atoms with Crippen molar-refractivity contribution >= 4 is 23.3 Å². The molecule has 0 saturated heterocycles. The maximum atomic E-state index is 11.7. The van der Waals surface area contributed by atoms with Crippen LogP contribution in [0, 0.1) is 10.1 Å². The molecule has 2 aromatic carbocycles. The Morgan fingerprint density at radius 2 is 1.92 bits per heavy atom. The number of ether oxygens (including phenoxy) is 2. The molecule has 0 aliphatic rings. The van der Waals surface area contributed by atoms with E-state index < -0.39 is 10.9 Å². The fourth-order valence-electron chi connectivity index (χ4n) is 2.08. The summed E-state index contributed by atoms with van der Waals surface area (Å²) in [6, 6.07) is 13.9. The molecule has 0 amide bonds. The molecule has 0 radical (unpaired) electrons. The van der Waals surface area contributed by atoms with Gasteiger partial charge in [-0.15, -0.1) is 0 Å². The Morgan fingerprint density at radius 1 is 1.15 bits per heavy atom. The zero-order valence-corrected chi connectivity index (χ0v) is 14.0. The predicted molar refractivity (Wildman–Crippen MR) is 92.4 cm³/mol. The van der Waals surface area contributed by atoms with E-state index >= 15 is 0 Å². The Kier molecular flexibility index (Phi) is 5.19. The Hall–Kier alpha value is -3.32. The maximum absolute atomic E-state index is 11.7. The number of furan rings is 1. The van der Waals surface area contributed by atoms with Crippen LogP contribution in [0.5, 0.6) is 11.5 Å². The molecule has 0 aliphatic carbocycles. The van der Waals surface area contributed by atoms with Crippen molar-refractivity contribution < 1.29 is 23.6 Å². The lowest BCUT2D eigenvalue weighted by Crippen LogP contribution is -2.03. The lowest BCUT2D eigenvalue weighted by molar-refractivity contribution is -0.384. The third-order valence-electron chi connectivity index (χ3n) is 3.37. The smallest absolute Gasteiger partial charge is 0.374 e. The maximum Gasteiger partial charge on any atom is 0.374 e. The fraction of sp³-hybridized carbons (Fsp3) is 0.0556. The van der Waals surface area contributed by atoms with Crippen LogP contribution in [0.25, 0.3) is 0 Å². The molecule has 1 aromatic heterocycles. The topological polar surface area (TPSA) is 91.8 Å². The van der Waals surface area contributed by atoms with Crippen molar-refractivity contribution in [1.29, 1.82) is 0 Å². The number of nitrogens with zero attached hydrogens (tertiary/aromatic N) is 1. The van der Waals surface area contributed by atoms with Crippen molar-refractivity contribution in [1.82, 2.24) is 0 Å². The van der Waals surface area contributed by atoms with Crippen LogP contribution in [0.4, 0.5) is 5.69 Å². The summed E-state index contributed by atoms with van der Waals surface area (Å²) in [5, 5.41) is 10.8. The van der Waals surface area contributed by atoms with Crippen LogP contribution < -0.4 is 4.74 Å². The van der Waals surface area contributed by atoms with E-state index in [9.17, 15) is 14.9 Å². The van der Waals surface area contributed by atoms with Crippen molar-refractivity contribution in [2.75, 3.05) is 0 Å². The van der Waals surface area contributed by atoms with Gasteiger partial charge >= 0.3 is 5.97 Å². The largest absolute Gasteiger partial charge is 0.457 e. The van der Waals surface area contributed by atoms with Gasteiger partial charge < -0.3 is 13.9 Å². The van der Waals surface area contributed by atoms with Gasteiger partial charge in [-0.3, -0.25) is 10.1 Å². The molecule has 0 bridgehead atoms. The number of carbonyl (C=O) groups is 1. The van der Waals surface area contributed by atoms with Gasteiger partial charge in [0.2, 0.25) is 5.76 Å². The monoisotopic (exact) mass is 373 g/mol. The lowest BCUT2D eigenvalue weighted by atomic mass is 10.2. The summed E-state index contributed by atoms with van der Waals surface area (Å²) in [6.07, 6.45) is 1.39. The number of nitro benzene ring substituents is 1. The van der Waals surface area contributed by atoms with Gasteiger partial charge in [-0.25, -0.2) is 4.79 Å². The van der Waals surface area contributed by atoms with E-state index in [0.717, 1.165) is 5.56 Å². The van der Waals surface area contributed by atoms with Gasteiger partial charge in [0.1, 0.15) is 18.1 Å². The van der Waals surface area contributed by atoms with E-state index in [1.54, 1.807) is 30.3 Å². The molecule has 0 saturated carbocycles. The van der Waals surface area contributed by atoms with E-state index in [1.165, 1.54) is 30.5 Å². The number of hydrogen-bond donors (Lipinski definition) is 0. The average molecular weight is 374 g/mol. The molecule has 1 heterocycles. The first-order valence-electron chi connectivity index (χ1n) is 7.44. The minimum Gasteiger partial charge on any atom is -0.457 e. The van der Waals surface area contributed by atoms with E-state index in [2.05, 4.69) is 0 Å². The minimum absolute atomic E-state index is 0.0814. The Bertz CT molecular complexity index is 921. The van der Waals surface area contributed by atoms with Gasteiger partial charge in [-0.1, -0.05) is 23.7 Å². The van der Waals surface area contributed by atoms with Gasteiger partial charge in [0.05, 0.1) is 16.2 Å². The molecule has 0 spiro atoms. The van der Waals surface area contributed by atoms with Crippen LogP contribution in [0.15, 0.2) is 65.3 Å². The average Bonchev–Trinajstić information content (AvgIpc) is 3.17. The van der Waals surface area contributed by atoms with Crippen LogP contribution in [0.3, 0.4) is 0 Å². The summed E-state index contributed by atoms with van der Waals surface area (Å²) >= 11 is 5.99. The van der Waals surface area contributed by atoms with Crippen molar-refractivity contribution in [2.45, 2.75) is 6.61 Å². The molecule has 7 nitrogen and oxygen atoms in total. The van der Waals surface area contributed by atoms with E-state index in [1.807, 2.05) is 0 Å². The Balaban J connectivity index is 1.61. The molecule has 0 aliphatic heterocycles. The SMILES string of the molecule is O=C(OCc1ccc(Oc2ccc([N+](=O)[O-])cc2Cl)cc1)c1ccco1. The minimum atomic E-state index is -0.548. The van der Waals surface area contributed by atoms with Crippen LogP contribution in [0.1, 0.15) is 16.1 Å². The van der Waals surface area contributed by atoms with E-state index in [-0.39, 0.29) is 23.1 Å². The third-order valence-corrected chi connectivity index (χ3v) is 3.67. The summed E-state index contributed by atoms with van der Waals surface area (Å²) in [6.45, 7) is 0.0814. The first-order valence-corrected chi connectivity index (χ1v) is 7.82. The van der Waals surface area contributed by atoms with Crippen molar-refractivity contribution in [3.63, 3.8) is 0 Å². The van der Waals surface area contributed by atoms with Gasteiger partial charge in [0, 0.05) is 12.1 Å². The molecule has 0 unspecified atom stereocenters. The highest BCUT2D eigenvalue weighted by molar-refractivity contribution is 6.32. The quantitative estimate of drug-likeness (QED) is 0.343. The zero-order valence-electron chi connectivity index (χ0n) is 13.3. The molecule has 26 heavy (non-hydrogen) atoms. The van der Waals surface area contributed by atoms with Crippen LogP contribution >= 0.6 is 11.6 Å². The second-order valence-corrected chi connectivity index (χ2v) is 5.58. The third kappa shape index (κ3) is 4.20. The number of esters is 1. The molecule has 3 rings (SSSR count). The number of hydrogen-bond acceptors (Lipinski definition) is 6. The first kappa shape index (κ1) is 17.5. The molecule has 0 fully saturated rings. The summed E-state index contributed by atoms with van der Waals surface area (Å²) in [5.41, 5.74) is 0.642. The second-order valence-electron chi connectivity index (χ2n) is 5.17. The van der Waals surface area contributed by atoms with Crippen molar-refractivity contribution in [3.05, 3.63) is 87.3 Å². The van der Waals surface area contributed by atoms with Crippen LogP contribution in [0.2, 0.25) is 5.02 Å². The number of halogens is 1. The second kappa shape index (κ2) is 7.71. The molecule has 132 valence electrons. The van der Waals surface area contributed by atoms with Crippen molar-refractivity contribution in [3.8, 4) is 11.5 Å². The highest BCUT2D eigenvalue weighted by atomic mass is 35.5. The molecular weight excluding hydrogens is 362 g/mol.